The molecule has 150 valence electrons. The van der Waals surface area contributed by atoms with E-state index in [1.165, 1.54) is 0 Å². The zero-order chi connectivity index (χ0) is 20.4. The lowest BCUT2D eigenvalue weighted by Crippen LogP contribution is -2.26. The maximum Gasteiger partial charge on any atom is 0.273 e. The minimum Gasteiger partial charge on any atom is -0.453 e. The van der Waals surface area contributed by atoms with E-state index in [0.29, 0.717) is 30.2 Å². The predicted molar refractivity (Wildman–Crippen MR) is 112 cm³/mol. The molecule has 2 heterocycles. The zero-order valence-electron chi connectivity index (χ0n) is 16.0. The molecule has 0 saturated carbocycles. The molecule has 1 unspecified atom stereocenters. The maximum absolute atomic E-state index is 12.2. The van der Waals surface area contributed by atoms with Crippen LogP contribution in [-0.2, 0) is 16.5 Å². The van der Waals surface area contributed by atoms with Gasteiger partial charge in [-0.2, -0.15) is 8.42 Å². The molecule has 7 heteroatoms. The first-order valence-electron chi connectivity index (χ1n) is 9.52. The number of aryl methyl sites for hydroxylation is 1. The Labute approximate surface area is 170 Å². The van der Waals surface area contributed by atoms with Crippen LogP contribution in [0.2, 0.25) is 0 Å². The quantitative estimate of drug-likeness (QED) is 0.582. The predicted octanol–water partition coefficient (Wildman–Crippen LogP) is 4.91. The van der Waals surface area contributed by atoms with Crippen molar-refractivity contribution in [1.82, 2.24) is 4.98 Å². The molecule has 1 N–H and O–H groups in total. The number of nitrogens with zero attached hydrogens (tertiary/aromatic N) is 2. The Morgan fingerprint density at radius 1 is 1.00 bits per heavy atom. The van der Waals surface area contributed by atoms with Crippen molar-refractivity contribution in [3.05, 3.63) is 78.1 Å². The van der Waals surface area contributed by atoms with E-state index < -0.39 is 15.4 Å². The first-order valence-corrected chi connectivity index (χ1v) is 11.0. The largest absolute Gasteiger partial charge is 0.453 e. The Bertz CT molecular complexity index is 1090. The second kappa shape index (κ2) is 7.85. The lowest BCUT2D eigenvalue weighted by molar-refractivity contribution is 0.459. The zero-order valence-corrected chi connectivity index (χ0v) is 16.8. The van der Waals surface area contributed by atoms with E-state index in [0.717, 1.165) is 16.9 Å². The summed E-state index contributed by atoms with van der Waals surface area (Å²) in [6.07, 6.45) is 2.38. The second-order valence-corrected chi connectivity index (χ2v) is 8.48. The Hall–Kier alpha value is -2.90. The molecule has 0 bridgehead atoms. The number of fused-ring (bicyclic) bond motifs is 2. The molecule has 6 nitrogen and oxygen atoms in total. The van der Waals surface area contributed by atoms with Crippen LogP contribution in [0.25, 0.3) is 0 Å². The van der Waals surface area contributed by atoms with Crippen LogP contribution in [0.5, 0.6) is 11.5 Å². The number of hydrogen-bond donors (Lipinski definition) is 1. The number of anilines is 2. The average Bonchev–Trinajstić information content (AvgIpc) is 2.72. The molecule has 3 aromatic rings. The van der Waals surface area contributed by atoms with Gasteiger partial charge in [0.05, 0.1) is 17.1 Å². The highest BCUT2D eigenvalue weighted by Crippen LogP contribution is 2.46. The summed E-state index contributed by atoms with van der Waals surface area (Å²) in [6, 6.07) is 18.9. The second-order valence-electron chi connectivity index (χ2n) is 6.88. The summed E-state index contributed by atoms with van der Waals surface area (Å²) in [5.41, 5.74) is 2.94. The van der Waals surface area contributed by atoms with E-state index in [1.807, 2.05) is 66.4 Å². The van der Waals surface area contributed by atoms with Crippen molar-refractivity contribution in [1.29, 1.82) is 0 Å². The summed E-state index contributed by atoms with van der Waals surface area (Å²) in [6.45, 7) is 2.32. The summed E-state index contributed by atoms with van der Waals surface area (Å²) < 4.78 is 40.4. The van der Waals surface area contributed by atoms with E-state index in [9.17, 15) is 13.0 Å². The topological polar surface area (TPSA) is 79.7 Å². The van der Waals surface area contributed by atoms with Crippen molar-refractivity contribution in [2.75, 3.05) is 11.4 Å². The third-order valence-electron chi connectivity index (χ3n) is 5.12. The number of para-hydroxylation sites is 4. The number of rotatable bonds is 6. The standard InChI is InChI=1S/C22H22N2O4S/c1-2-16-8-7-14-23-22(16)21(29(25,26)27)13-15-24-17-9-3-5-11-19(17)28-20-12-6-4-10-18(20)24/h3-12,14,21H,2,13,15H2,1H3,(H,25,26,27). The lowest BCUT2D eigenvalue weighted by atomic mass is 10.1. The molecule has 29 heavy (non-hydrogen) atoms. The van der Waals surface area contributed by atoms with Crippen LogP contribution in [0, 0.1) is 0 Å². The van der Waals surface area contributed by atoms with Crippen molar-refractivity contribution in [3.63, 3.8) is 0 Å². The Kier molecular flexibility index (Phi) is 5.25. The summed E-state index contributed by atoms with van der Waals surface area (Å²) in [4.78, 5) is 6.31. The number of aromatic nitrogens is 1. The van der Waals surface area contributed by atoms with Crippen LogP contribution in [0.15, 0.2) is 66.9 Å². The molecule has 1 atom stereocenters. The van der Waals surface area contributed by atoms with Gasteiger partial charge in [0, 0.05) is 12.7 Å². The van der Waals surface area contributed by atoms with Gasteiger partial charge in [-0.1, -0.05) is 37.3 Å². The monoisotopic (exact) mass is 410 g/mol. The van der Waals surface area contributed by atoms with Crippen molar-refractivity contribution < 1.29 is 17.7 Å². The molecule has 0 amide bonds. The Balaban J connectivity index is 1.70. The maximum atomic E-state index is 12.2. The Morgan fingerprint density at radius 3 is 2.21 bits per heavy atom. The average molecular weight is 410 g/mol. The lowest BCUT2D eigenvalue weighted by Gasteiger charge is -2.33. The first kappa shape index (κ1) is 19.4. The van der Waals surface area contributed by atoms with Crippen LogP contribution in [0.1, 0.15) is 29.9 Å². The molecule has 0 fully saturated rings. The van der Waals surface area contributed by atoms with Crippen LogP contribution < -0.4 is 9.64 Å². The minimum atomic E-state index is -4.33. The number of ether oxygens (including phenoxy) is 1. The summed E-state index contributed by atoms with van der Waals surface area (Å²) in [5, 5.41) is -1.10. The molecule has 0 spiro atoms. The summed E-state index contributed by atoms with van der Waals surface area (Å²) in [7, 11) is -4.33. The highest BCUT2D eigenvalue weighted by atomic mass is 32.2. The summed E-state index contributed by atoms with van der Waals surface area (Å²) >= 11 is 0. The molecule has 0 saturated heterocycles. The van der Waals surface area contributed by atoms with Gasteiger partial charge in [0.15, 0.2) is 11.5 Å². The van der Waals surface area contributed by atoms with Crippen molar-refractivity contribution in [2.24, 2.45) is 0 Å². The molecule has 1 aromatic heterocycles. The van der Waals surface area contributed by atoms with Crippen molar-refractivity contribution >= 4 is 21.5 Å². The third-order valence-corrected chi connectivity index (χ3v) is 6.30. The SMILES string of the molecule is CCc1cccnc1C(CCN1c2ccccc2Oc2ccccc21)S(=O)(=O)O. The molecule has 2 aromatic carbocycles. The molecule has 0 radical (unpaired) electrons. The van der Waals surface area contributed by atoms with Crippen LogP contribution >= 0.6 is 0 Å². The van der Waals surface area contributed by atoms with Gasteiger partial charge in [-0.25, -0.2) is 0 Å². The molecule has 1 aliphatic rings. The van der Waals surface area contributed by atoms with E-state index >= 15 is 0 Å². The normalized spacial score (nSPS) is 13.9. The van der Waals surface area contributed by atoms with Gasteiger partial charge in [0.2, 0.25) is 0 Å². The van der Waals surface area contributed by atoms with E-state index in [4.69, 9.17) is 4.74 Å². The van der Waals surface area contributed by atoms with E-state index in [1.54, 1.807) is 12.3 Å². The van der Waals surface area contributed by atoms with Crippen molar-refractivity contribution in [3.8, 4) is 11.5 Å². The van der Waals surface area contributed by atoms with Crippen LogP contribution in [0.4, 0.5) is 11.4 Å². The molecule has 1 aliphatic heterocycles. The summed E-state index contributed by atoms with van der Waals surface area (Å²) in [5.74, 6) is 1.42. The molecular weight excluding hydrogens is 388 g/mol. The first-order chi connectivity index (χ1) is 14.0. The van der Waals surface area contributed by atoms with Gasteiger partial charge in [0.1, 0.15) is 5.25 Å². The van der Waals surface area contributed by atoms with E-state index in [-0.39, 0.29) is 6.42 Å². The Morgan fingerprint density at radius 2 is 1.62 bits per heavy atom. The van der Waals surface area contributed by atoms with Gasteiger partial charge < -0.3 is 9.64 Å². The van der Waals surface area contributed by atoms with Crippen LogP contribution in [-0.4, -0.2) is 24.5 Å². The fourth-order valence-corrected chi connectivity index (χ4v) is 4.63. The number of pyridine rings is 1. The molecule has 4 rings (SSSR count). The smallest absolute Gasteiger partial charge is 0.273 e. The van der Waals surface area contributed by atoms with Gasteiger partial charge in [-0.15, -0.1) is 0 Å². The molecular formula is C22H22N2O4S. The van der Waals surface area contributed by atoms with Crippen molar-refractivity contribution in [2.45, 2.75) is 25.0 Å². The van der Waals surface area contributed by atoms with Crippen LogP contribution in [0.3, 0.4) is 0 Å². The van der Waals surface area contributed by atoms with Gasteiger partial charge >= 0.3 is 0 Å². The molecule has 0 aliphatic carbocycles. The highest BCUT2D eigenvalue weighted by Gasteiger charge is 2.31. The number of hydrogen-bond acceptors (Lipinski definition) is 5. The van der Waals surface area contributed by atoms with E-state index in [2.05, 4.69) is 4.98 Å². The minimum absolute atomic E-state index is 0.186. The third kappa shape index (κ3) is 3.83. The fourth-order valence-electron chi connectivity index (χ4n) is 3.73. The van der Waals surface area contributed by atoms with Gasteiger partial charge in [0.25, 0.3) is 10.1 Å². The highest BCUT2D eigenvalue weighted by molar-refractivity contribution is 7.86. The fraction of sp³-hybridized carbons (Fsp3) is 0.227. The number of benzene rings is 2. The van der Waals surface area contributed by atoms with Gasteiger partial charge in [-0.3, -0.25) is 9.54 Å². The van der Waals surface area contributed by atoms with Gasteiger partial charge in [-0.05, 0) is 48.7 Å².